The molecule has 13 heteroatoms. The first-order valence-electron chi connectivity index (χ1n) is 11.5. The van der Waals surface area contributed by atoms with Crippen LogP contribution in [0.2, 0.25) is 0 Å². The van der Waals surface area contributed by atoms with E-state index in [0.717, 1.165) is 10.6 Å². The Balaban J connectivity index is 1.39. The molecule has 4 aromatic rings. The fourth-order valence-corrected chi connectivity index (χ4v) is 3.76. The third-order valence-corrected chi connectivity index (χ3v) is 5.65. The van der Waals surface area contributed by atoms with Gasteiger partial charge in [0, 0.05) is 23.6 Å². The number of halogens is 3. The van der Waals surface area contributed by atoms with Crippen LogP contribution in [-0.4, -0.2) is 48.7 Å². The Morgan fingerprint density at radius 1 is 1.08 bits per heavy atom. The van der Waals surface area contributed by atoms with Gasteiger partial charge in [-0.25, -0.2) is 24.1 Å². The van der Waals surface area contributed by atoms with E-state index in [9.17, 15) is 22.8 Å². The van der Waals surface area contributed by atoms with Crippen molar-refractivity contribution < 1.29 is 27.5 Å². The van der Waals surface area contributed by atoms with E-state index in [2.05, 4.69) is 42.1 Å². The molecule has 1 atom stereocenters. The van der Waals surface area contributed by atoms with Crippen molar-refractivity contribution in [3.8, 4) is 11.8 Å². The molecule has 1 N–H and O–H groups in total. The Morgan fingerprint density at radius 3 is 2.69 bits per heavy atom. The van der Waals surface area contributed by atoms with E-state index in [1.807, 2.05) is 6.92 Å². The molecule has 1 aromatic carbocycles. The molecule has 0 bridgehead atoms. The number of ether oxygens (including phenoxy) is 1. The lowest BCUT2D eigenvalue weighted by atomic mass is 10.1. The Morgan fingerprint density at radius 2 is 1.92 bits per heavy atom. The van der Waals surface area contributed by atoms with E-state index in [0.29, 0.717) is 28.3 Å². The Bertz CT molecular complexity index is 1660. The molecule has 2 amide bonds. The van der Waals surface area contributed by atoms with E-state index < -0.39 is 30.1 Å². The van der Waals surface area contributed by atoms with Gasteiger partial charge in [-0.05, 0) is 54.8 Å². The van der Waals surface area contributed by atoms with Crippen LogP contribution < -0.4 is 5.32 Å². The van der Waals surface area contributed by atoms with Gasteiger partial charge in [0.05, 0.1) is 18.3 Å². The molecule has 1 aliphatic heterocycles. The van der Waals surface area contributed by atoms with Gasteiger partial charge in [-0.3, -0.25) is 4.98 Å². The number of carbonyl (C=O) groups excluding carboxylic acids is 2. The van der Waals surface area contributed by atoms with Crippen molar-refractivity contribution in [3.63, 3.8) is 0 Å². The summed E-state index contributed by atoms with van der Waals surface area (Å²) in [6.45, 7) is 1.85. The molecule has 3 aromatic heterocycles. The SMILES string of the molecule is Cc1ccc(NC(=O)N2N=C(OC(=O)C(F)(F)F)CC2c2ccccn2)cc1C#Cc1cnc2cccnn12. The zero-order valence-electron chi connectivity index (χ0n) is 20.2. The number of rotatable bonds is 2. The van der Waals surface area contributed by atoms with Gasteiger partial charge < -0.3 is 10.1 Å². The molecule has 0 spiro atoms. The van der Waals surface area contributed by atoms with Gasteiger partial charge in [0.25, 0.3) is 0 Å². The van der Waals surface area contributed by atoms with Crippen LogP contribution in [-0.2, 0) is 9.53 Å². The van der Waals surface area contributed by atoms with Crippen LogP contribution in [0.5, 0.6) is 0 Å². The molecular formula is C26H18F3N7O3. The second-order valence-corrected chi connectivity index (χ2v) is 8.35. The topological polar surface area (TPSA) is 114 Å². The lowest BCUT2D eigenvalue weighted by Gasteiger charge is -2.21. The molecule has 39 heavy (non-hydrogen) atoms. The first kappa shape index (κ1) is 25.4. The molecule has 4 heterocycles. The molecule has 0 fully saturated rings. The Hall–Kier alpha value is -5.25. The number of urea groups is 1. The molecule has 196 valence electrons. The molecule has 0 saturated heterocycles. The fraction of sp³-hybridized carbons (Fsp3) is 0.154. The number of aromatic nitrogens is 4. The maximum Gasteiger partial charge on any atom is 0.491 e. The quantitative estimate of drug-likeness (QED) is 0.305. The molecule has 0 saturated carbocycles. The maximum absolute atomic E-state index is 13.2. The monoisotopic (exact) mass is 533 g/mol. The normalized spacial score (nSPS) is 14.9. The smallest absolute Gasteiger partial charge is 0.403 e. The van der Waals surface area contributed by atoms with Crippen molar-refractivity contribution >= 4 is 29.2 Å². The summed E-state index contributed by atoms with van der Waals surface area (Å²) >= 11 is 0. The summed E-state index contributed by atoms with van der Waals surface area (Å²) in [5.74, 6) is 3.09. The molecule has 10 nitrogen and oxygen atoms in total. The number of esters is 1. The fourth-order valence-electron chi connectivity index (χ4n) is 3.76. The molecule has 5 rings (SSSR count). The summed E-state index contributed by atoms with van der Waals surface area (Å²) in [7, 11) is 0. The number of imidazole rings is 1. The number of amides is 2. The van der Waals surface area contributed by atoms with Crippen molar-refractivity contribution in [2.75, 3.05) is 5.32 Å². The van der Waals surface area contributed by atoms with Gasteiger partial charge in [-0.1, -0.05) is 18.1 Å². The van der Waals surface area contributed by atoms with Crippen LogP contribution in [0.1, 0.15) is 35.0 Å². The van der Waals surface area contributed by atoms with Gasteiger partial charge in [0.2, 0.25) is 5.90 Å². The Labute approximate surface area is 219 Å². The number of hydrogen-bond acceptors (Lipinski definition) is 7. The summed E-state index contributed by atoms with van der Waals surface area (Å²) in [6, 6.07) is 11.8. The number of hydrazone groups is 1. The lowest BCUT2D eigenvalue weighted by Crippen LogP contribution is -2.31. The third kappa shape index (κ3) is 5.54. The van der Waals surface area contributed by atoms with E-state index in [1.54, 1.807) is 65.4 Å². The number of nitrogens with zero attached hydrogens (tertiary/aromatic N) is 6. The standard InChI is InChI=1S/C26H18F3N7O3/c1-16-7-9-18(13-17(16)8-10-19-15-31-22-6-4-12-32-35(19)22)33-25(38)36-21(20-5-2-3-11-30-20)14-23(34-36)39-24(37)26(27,28)29/h2-7,9,11-13,15,21H,14H2,1H3,(H,33,38). The van der Waals surface area contributed by atoms with Crippen LogP contribution in [0.3, 0.4) is 0 Å². The van der Waals surface area contributed by atoms with Gasteiger partial charge in [-0.15, -0.1) is 5.10 Å². The number of anilines is 1. The minimum atomic E-state index is -5.21. The van der Waals surface area contributed by atoms with E-state index in [-0.39, 0.29) is 6.42 Å². The van der Waals surface area contributed by atoms with E-state index in [1.165, 1.54) is 6.20 Å². The van der Waals surface area contributed by atoms with Crippen molar-refractivity contribution in [3.05, 3.63) is 89.6 Å². The highest BCUT2D eigenvalue weighted by atomic mass is 19.4. The third-order valence-electron chi connectivity index (χ3n) is 5.65. The number of aryl methyl sites for hydroxylation is 1. The molecule has 0 radical (unpaired) electrons. The zero-order valence-corrected chi connectivity index (χ0v) is 20.2. The van der Waals surface area contributed by atoms with Gasteiger partial charge >= 0.3 is 18.2 Å². The number of carbonyl (C=O) groups is 2. The average Bonchev–Trinajstić information content (AvgIpc) is 3.53. The van der Waals surface area contributed by atoms with Crippen molar-refractivity contribution in [1.29, 1.82) is 0 Å². The summed E-state index contributed by atoms with van der Waals surface area (Å²) in [6.07, 6.45) is -0.796. The van der Waals surface area contributed by atoms with Crippen molar-refractivity contribution in [1.82, 2.24) is 24.6 Å². The van der Waals surface area contributed by atoms with Crippen LogP contribution in [0.4, 0.5) is 23.7 Å². The van der Waals surface area contributed by atoms with Gasteiger partial charge in [0.1, 0.15) is 11.7 Å². The second kappa shape index (κ2) is 10.3. The predicted molar refractivity (Wildman–Crippen MR) is 132 cm³/mol. The summed E-state index contributed by atoms with van der Waals surface area (Å²) < 4.78 is 44.1. The first-order valence-corrected chi connectivity index (χ1v) is 11.5. The molecule has 1 aliphatic rings. The summed E-state index contributed by atoms with van der Waals surface area (Å²) in [4.78, 5) is 32.9. The number of fused-ring (bicyclic) bond motifs is 1. The molecular weight excluding hydrogens is 515 g/mol. The number of nitrogens with one attached hydrogen (secondary N) is 1. The highest BCUT2D eigenvalue weighted by Gasteiger charge is 2.44. The summed E-state index contributed by atoms with van der Waals surface area (Å²) in [5.41, 5.74) is 3.39. The summed E-state index contributed by atoms with van der Waals surface area (Å²) in [5, 5.41) is 11.6. The van der Waals surface area contributed by atoms with E-state index in [4.69, 9.17) is 0 Å². The minimum absolute atomic E-state index is 0.274. The Kier molecular flexibility index (Phi) is 6.68. The highest BCUT2D eigenvalue weighted by Crippen LogP contribution is 2.31. The number of pyridine rings is 1. The minimum Gasteiger partial charge on any atom is -0.403 e. The predicted octanol–water partition coefficient (Wildman–Crippen LogP) is 4.23. The van der Waals surface area contributed by atoms with Gasteiger partial charge in [0.15, 0.2) is 5.65 Å². The number of benzene rings is 1. The molecule has 1 unspecified atom stereocenters. The number of hydrogen-bond donors (Lipinski definition) is 1. The molecule has 0 aliphatic carbocycles. The van der Waals surface area contributed by atoms with Crippen molar-refractivity contribution in [2.24, 2.45) is 5.10 Å². The lowest BCUT2D eigenvalue weighted by molar-refractivity contribution is -0.191. The maximum atomic E-state index is 13.2. The van der Waals surface area contributed by atoms with Crippen LogP contribution >= 0.6 is 0 Å². The first-order chi connectivity index (χ1) is 18.7. The van der Waals surface area contributed by atoms with Gasteiger partial charge in [-0.2, -0.15) is 18.3 Å². The zero-order chi connectivity index (χ0) is 27.6. The van der Waals surface area contributed by atoms with Crippen molar-refractivity contribution in [2.45, 2.75) is 25.6 Å². The van der Waals surface area contributed by atoms with Crippen LogP contribution in [0.25, 0.3) is 5.65 Å². The van der Waals surface area contributed by atoms with E-state index >= 15 is 0 Å². The second-order valence-electron chi connectivity index (χ2n) is 8.35. The number of alkyl halides is 3. The largest absolute Gasteiger partial charge is 0.491 e. The highest BCUT2D eigenvalue weighted by molar-refractivity contribution is 5.96. The van der Waals surface area contributed by atoms with Crippen LogP contribution in [0, 0.1) is 18.8 Å². The van der Waals surface area contributed by atoms with Crippen LogP contribution in [0.15, 0.2) is 72.2 Å². The average molecular weight is 533 g/mol.